The number of aromatic nitrogens is 8. The van der Waals surface area contributed by atoms with Crippen molar-refractivity contribution in [2.45, 2.75) is 95.5 Å². The minimum atomic E-state index is -0.582. The van der Waals surface area contributed by atoms with Crippen LogP contribution in [-0.2, 0) is 9.59 Å². The molecule has 0 saturated carbocycles. The Morgan fingerprint density at radius 3 is 1.76 bits per heavy atom. The molecule has 2 aromatic carbocycles. The number of hydrogen-bond acceptors (Lipinski definition) is 14. The molecule has 22 heteroatoms. The van der Waals surface area contributed by atoms with Crippen LogP contribution in [0.5, 0.6) is 0 Å². The SMILES string of the molecule is Cc1nn(C(C)c2ccc(Cl)cc2Cl)c2nc(N3CCC(N4CC(CC(c5ccc(Cl)cc5Cl)n5nc(C)c6ncc(N7CCC(N8CCCC8CO)C(C(N)=O)C7)nc65)CC4CO)C(C(N)=O)C3)cnc12. The van der Waals surface area contributed by atoms with E-state index in [9.17, 15) is 19.8 Å². The van der Waals surface area contributed by atoms with Crippen molar-refractivity contribution in [2.24, 2.45) is 29.2 Å². The normalized spacial score (nSPS) is 25.2. The predicted octanol–water partition coefficient (Wildman–Crippen LogP) is 5.99. The molecule has 6 N–H and O–H groups in total. The first-order valence-corrected chi connectivity index (χ1v) is 26.3. The van der Waals surface area contributed by atoms with Gasteiger partial charge in [-0.3, -0.25) is 19.4 Å². The Labute approximate surface area is 437 Å². The summed E-state index contributed by atoms with van der Waals surface area (Å²) in [7, 11) is 0. The molecule has 9 atom stereocenters. The van der Waals surface area contributed by atoms with Gasteiger partial charge in [-0.1, -0.05) is 58.5 Å². The number of aliphatic hydroxyl groups excluding tert-OH is 2. The average molecular weight is 1060 g/mol. The number of nitrogens with two attached hydrogens (primary N) is 2. The van der Waals surface area contributed by atoms with Gasteiger partial charge in [-0.05, 0) is 107 Å². The minimum Gasteiger partial charge on any atom is -0.395 e. The van der Waals surface area contributed by atoms with Gasteiger partial charge in [0.1, 0.15) is 22.7 Å². The minimum absolute atomic E-state index is 0.0207. The number of rotatable bonds is 14. The van der Waals surface area contributed by atoms with Crippen molar-refractivity contribution in [1.82, 2.24) is 49.3 Å². The van der Waals surface area contributed by atoms with E-state index in [1.165, 1.54) is 0 Å². The van der Waals surface area contributed by atoms with Crippen molar-refractivity contribution in [3.05, 3.63) is 91.4 Å². The largest absolute Gasteiger partial charge is 0.395 e. The molecule has 6 aromatic rings. The van der Waals surface area contributed by atoms with Crippen molar-refractivity contribution in [1.29, 1.82) is 0 Å². The summed E-state index contributed by atoms with van der Waals surface area (Å²) in [6.07, 6.45) is 7.81. The van der Waals surface area contributed by atoms with Gasteiger partial charge in [-0.2, -0.15) is 10.2 Å². The molecule has 8 heterocycles. The summed E-state index contributed by atoms with van der Waals surface area (Å²) in [6, 6.07) is 9.63. The maximum Gasteiger partial charge on any atom is 0.223 e. The second-order valence-electron chi connectivity index (χ2n) is 20.1. The summed E-state index contributed by atoms with van der Waals surface area (Å²) < 4.78 is 3.73. The summed E-state index contributed by atoms with van der Waals surface area (Å²) in [4.78, 5) is 55.2. The van der Waals surface area contributed by atoms with E-state index < -0.39 is 23.8 Å². The third-order valence-corrected chi connectivity index (χ3v) is 17.0. The first-order valence-electron chi connectivity index (χ1n) is 24.8. The number of fused-ring (bicyclic) bond motifs is 2. The summed E-state index contributed by atoms with van der Waals surface area (Å²) in [5, 5.41) is 33.0. The lowest BCUT2D eigenvalue weighted by molar-refractivity contribution is -0.125. The Balaban J connectivity index is 0.907. The second kappa shape index (κ2) is 20.8. The lowest BCUT2D eigenvalue weighted by Crippen LogP contribution is -2.57. The van der Waals surface area contributed by atoms with E-state index >= 15 is 0 Å². The van der Waals surface area contributed by atoms with Gasteiger partial charge in [0.15, 0.2) is 11.3 Å². The number of piperidine rings is 2. The molecule has 4 saturated heterocycles. The van der Waals surface area contributed by atoms with Crippen molar-refractivity contribution in [3.8, 4) is 0 Å². The fraction of sp³-hybridized carbons (Fsp3) is 0.520. The zero-order valence-electron chi connectivity index (χ0n) is 40.5. The number of halogens is 4. The average Bonchev–Trinajstić information content (AvgIpc) is 4.17. The summed E-state index contributed by atoms with van der Waals surface area (Å²) >= 11 is 26.4. The summed E-state index contributed by atoms with van der Waals surface area (Å²) in [5.41, 5.74) is 17.9. The standard InChI is InChI=1S/C50H60Cl4N14O4/c1-26-45-49(67(61-26)28(3)34-8-6-30(51)17-38(34)53)59-43(19-57-45)64-14-11-41(37(23-64)48(56)72)66-21-29(15-33(66)25-70)16-42(35-9-7-31(52)18-39(35)54)68-50-46(27(2)62-68)58-20-44(60-50)63-13-10-40(36(22-63)47(55)71)65-12-4-5-32(65)24-69/h6-9,17-20,28-29,32-33,36-37,40-42,69-70H,4-5,10-16,21-25H2,1-3H3,(H2,55,71)(H2,56,72). The highest BCUT2D eigenvalue weighted by Gasteiger charge is 2.45. The zero-order chi connectivity index (χ0) is 50.7. The van der Waals surface area contributed by atoms with Gasteiger partial charge < -0.3 is 31.5 Å². The smallest absolute Gasteiger partial charge is 0.223 e. The van der Waals surface area contributed by atoms with Crippen LogP contribution in [-0.4, -0.2) is 148 Å². The van der Waals surface area contributed by atoms with Crippen LogP contribution in [0.2, 0.25) is 20.1 Å². The number of aliphatic hydroxyl groups is 2. The molecule has 4 fully saturated rings. The Morgan fingerprint density at radius 1 is 0.694 bits per heavy atom. The third kappa shape index (κ3) is 9.57. The number of primary amides is 2. The van der Waals surface area contributed by atoms with Gasteiger partial charge in [-0.15, -0.1) is 0 Å². The van der Waals surface area contributed by atoms with Gasteiger partial charge in [-0.25, -0.2) is 29.3 Å². The Morgan fingerprint density at radius 2 is 1.22 bits per heavy atom. The number of aryl methyl sites for hydroxylation is 2. The molecule has 0 bridgehead atoms. The molecule has 72 heavy (non-hydrogen) atoms. The number of hydrogen-bond donors (Lipinski definition) is 4. The maximum absolute atomic E-state index is 13.5. The third-order valence-electron chi connectivity index (χ3n) is 15.8. The summed E-state index contributed by atoms with van der Waals surface area (Å²) in [6.45, 7) is 9.04. The molecule has 4 aliphatic rings. The molecule has 0 aliphatic carbocycles. The fourth-order valence-electron chi connectivity index (χ4n) is 12.2. The van der Waals surface area contributed by atoms with Crippen LogP contribution >= 0.6 is 46.4 Å². The highest BCUT2D eigenvalue weighted by molar-refractivity contribution is 6.35. The van der Waals surface area contributed by atoms with Crippen molar-refractivity contribution in [3.63, 3.8) is 0 Å². The molecule has 9 unspecified atom stereocenters. The number of carbonyl (C=O) groups is 2. The molecule has 2 amide bonds. The highest BCUT2D eigenvalue weighted by Crippen LogP contribution is 2.42. The van der Waals surface area contributed by atoms with E-state index in [2.05, 4.69) is 19.6 Å². The first kappa shape index (κ1) is 50.6. The highest BCUT2D eigenvalue weighted by atomic mass is 35.5. The monoisotopic (exact) mass is 1060 g/mol. The van der Waals surface area contributed by atoms with Crippen LogP contribution in [0.1, 0.15) is 80.0 Å². The molecule has 10 rings (SSSR count). The number of amides is 2. The molecular weight excluding hydrogens is 1000 g/mol. The van der Waals surface area contributed by atoms with Crippen LogP contribution in [0.25, 0.3) is 22.3 Å². The Bertz CT molecular complexity index is 3010. The number of nitrogens with zero attached hydrogens (tertiary/aromatic N) is 12. The van der Waals surface area contributed by atoms with Crippen LogP contribution in [0, 0.1) is 31.6 Å². The molecule has 382 valence electrons. The molecular formula is C50H60Cl4N14O4. The number of carbonyl (C=O) groups excluding carboxylic acids is 2. The number of anilines is 2. The van der Waals surface area contributed by atoms with Gasteiger partial charge in [0, 0.05) is 77.0 Å². The first-order chi connectivity index (χ1) is 34.6. The van der Waals surface area contributed by atoms with Crippen LogP contribution in [0.15, 0.2) is 48.8 Å². The van der Waals surface area contributed by atoms with E-state index in [0.717, 1.165) is 36.2 Å². The summed E-state index contributed by atoms with van der Waals surface area (Å²) in [5.74, 6) is -0.615. The quantitative estimate of drug-likeness (QED) is 0.0984. The second-order valence-corrected chi connectivity index (χ2v) is 21.8. The molecule has 18 nitrogen and oxygen atoms in total. The van der Waals surface area contributed by atoms with Crippen LogP contribution < -0.4 is 21.3 Å². The Kier molecular flexibility index (Phi) is 14.6. The van der Waals surface area contributed by atoms with Crippen molar-refractivity contribution < 1.29 is 19.8 Å². The van der Waals surface area contributed by atoms with Gasteiger partial charge in [0.25, 0.3) is 0 Å². The Hall–Kier alpha value is -4.92. The van der Waals surface area contributed by atoms with E-state index in [0.29, 0.717) is 118 Å². The molecule has 4 aromatic heterocycles. The van der Waals surface area contributed by atoms with E-state index in [4.69, 9.17) is 88.0 Å². The zero-order valence-corrected chi connectivity index (χ0v) is 43.5. The van der Waals surface area contributed by atoms with Gasteiger partial charge in [0.05, 0.1) is 60.9 Å². The molecule has 4 aliphatic heterocycles. The predicted molar refractivity (Wildman–Crippen MR) is 279 cm³/mol. The lowest BCUT2D eigenvalue weighted by Gasteiger charge is -2.43. The van der Waals surface area contributed by atoms with Crippen molar-refractivity contribution >= 4 is 92.2 Å². The van der Waals surface area contributed by atoms with Gasteiger partial charge >= 0.3 is 0 Å². The van der Waals surface area contributed by atoms with Crippen LogP contribution in [0.4, 0.5) is 11.6 Å². The maximum atomic E-state index is 13.5. The topological polar surface area (TPSA) is 227 Å². The van der Waals surface area contributed by atoms with E-state index in [-0.39, 0.29) is 55.2 Å². The molecule has 0 radical (unpaired) electrons. The number of benzene rings is 2. The van der Waals surface area contributed by atoms with E-state index in [1.54, 1.807) is 30.6 Å². The van der Waals surface area contributed by atoms with Gasteiger partial charge in [0.2, 0.25) is 11.8 Å². The lowest BCUT2D eigenvalue weighted by atomic mass is 9.89. The van der Waals surface area contributed by atoms with Crippen molar-refractivity contribution in [2.75, 3.05) is 62.3 Å². The number of likely N-dealkylation sites (tertiary alicyclic amines) is 2. The van der Waals surface area contributed by atoms with Crippen LogP contribution in [0.3, 0.4) is 0 Å². The fourth-order valence-corrected chi connectivity index (χ4v) is 13.3. The van der Waals surface area contributed by atoms with E-state index in [1.807, 2.05) is 48.3 Å². The molecule has 0 spiro atoms.